The Labute approximate surface area is 113 Å². The lowest BCUT2D eigenvalue weighted by Gasteiger charge is -2.19. The van der Waals surface area contributed by atoms with Crippen LogP contribution in [0.15, 0.2) is 29.2 Å². The van der Waals surface area contributed by atoms with E-state index >= 15 is 0 Å². The normalized spacial score (nSPS) is 11.9. The minimum Gasteiger partial charge on any atom is -0.308 e. The van der Waals surface area contributed by atoms with Gasteiger partial charge in [0.1, 0.15) is 0 Å². The van der Waals surface area contributed by atoms with Gasteiger partial charge in [0.25, 0.3) is 0 Å². The average Bonchev–Trinajstić information content (AvgIpc) is 2.94. The van der Waals surface area contributed by atoms with E-state index in [0.29, 0.717) is 0 Å². The van der Waals surface area contributed by atoms with Gasteiger partial charge in [-0.15, -0.1) is 0 Å². The molecule has 0 aliphatic carbocycles. The van der Waals surface area contributed by atoms with Crippen molar-refractivity contribution in [1.29, 1.82) is 0 Å². The number of hydrogen-bond donors (Lipinski definition) is 1. The predicted molar refractivity (Wildman–Crippen MR) is 76.8 cm³/mol. The Hall–Kier alpha value is -1.13. The highest BCUT2D eigenvalue weighted by atomic mass is 32.1. The Morgan fingerprint density at radius 1 is 1.33 bits per heavy atom. The molecule has 18 heavy (non-hydrogen) atoms. The molecule has 2 rings (SSSR count). The fourth-order valence-corrected chi connectivity index (χ4v) is 2.37. The Morgan fingerprint density at radius 2 is 2.17 bits per heavy atom. The molecule has 0 spiro atoms. The van der Waals surface area contributed by atoms with Crippen LogP contribution in [0.25, 0.3) is 0 Å². The van der Waals surface area contributed by atoms with Gasteiger partial charge in [-0.05, 0) is 49.6 Å². The monoisotopic (exact) mass is 263 g/mol. The van der Waals surface area contributed by atoms with Crippen LogP contribution in [-0.4, -0.2) is 15.3 Å². The van der Waals surface area contributed by atoms with Gasteiger partial charge < -0.3 is 5.32 Å². The van der Waals surface area contributed by atoms with E-state index in [1.165, 1.54) is 11.1 Å². The average molecular weight is 263 g/mol. The third-order valence-electron chi connectivity index (χ3n) is 2.72. The summed E-state index contributed by atoms with van der Waals surface area (Å²) in [5.41, 5.74) is 2.79. The van der Waals surface area contributed by atoms with Crippen LogP contribution in [0.4, 0.5) is 0 Å². The molecule has 2 aromatic heterocycles. The minimum atomic E-state index is 0.152. The van der Waals surface area contributed by atoms with E-state index in [9.17, 15) is 0 Å². The number of nitrogens with one attached hydrogen (secondary N) is 1. The van der Waals surface area contributed by atoms with Gasteiger partial charge in [0.15, 0.2) is 0 Å². The van der Waals surface area contributed by atoms with Crippen LogP contribution in [0.2, 0.25) is 0 Å². The summed E-state index contributed by atoms with van der Waals surface area (Å²) in [7, 11) is 0. The van der Waals surface area contributed by atoms with Crippen molar-refractivity contribution >= 4 is 11.3 Å². The van der Waals surface area contributed by atoms with E-state index in [0.717, 1.165) is 19.5 Å². The number of hydrogen-bond acceptors (Lipinski definition) is 3. The predicted octanol–water partition coefficient (Wildman–Crippen LogP) is 3.08. The van der Waals surface area contributed by atoms with Crippen LogP contribution in [0.1, 0.15) is 31.9 Å². The second-order valence-electron chi connectivity index (χ2n) is 5.60. The number of thiophene rings is 1. The van der Waals surface area contributed by atoms with Crippen molar-refractivity contribution in [2.75, 3.05) is 0 Å². The molecule has 0 aliphatic rings. The van der Waals surface area contributed by atoms with Crippen molar-refractivity contribution in [1.82, 2.24) is 15.1 Å². The molecule has 0 unspecified atom stereocenters. The summed E-state index contributed by atoms with van der Waals surface area (Å²) in [6.07, 6.45) is 5.13. The summed E-state index contributed by atoms with van der Waals surface area (Å²) in [5, 5.41) is 12.2. The summed E-state index contributed by atoms with van der Waals surface area (Å²) in [6, 6.07) is 2.18. The molecule has 0 radical (unpaired) electrons. The molecule has 0 saturated heterocycles. The minimum absolute atomic E-state index is 0.152. The lowest BCUT2D eigenvalue weighted by molar-refractivity contribution is 0.424. The van der Waals surface area contributed by atoms with E-state index < -0.39 is 0 Å². The van der Waals surface area contributed by atoms with Crippen molar-refractivity contribution in [2.45, 2.75) is 45.8 Å². The second kappa shape index (κ2) is 5.67. The van der Waals surface area contributed by atoms with Crippen LogP contribution in [-0.2, 0) is 19.5 Å². The SMILES string of the molecule is CC(C)(C)NCc1cnn(CCc2ccsc2)c1. The lowest BCUT2D eigenvalue weighted by atomic mass is 10.1. The van der Waals surface area contributed by atoms with E-state index in [4.69, 9.17) is 0 Å². The highest BCUT2D eigenvalue weighted by Crippen LogP contribution is 2.08. The Balaban J connectivity index is 1.82. The molecule has 2 aromatic rings. The number of aryl methyl sites for hydroxylation is 2. The number of aromatic nitrogens is 2. The fourth-order valence-electron chi connectivity index (χ4n) is 1.67. The topological polar surface area (TPSA) is 29.9 Å². The summed E-state index contributed by atoms with van der Waals surface area (Å²) < 4.78 is 2.03. The maximum Gasteiger partial charge on any atom is 0.0534 e. The maximum absolute atomic E-state index is 4.40. The fraction of sp³-hybridized carbons (Fsp3) is 0.500. The summed E-state index contributed by atoms with van der Waals surface area (Å²) in [4.78, 5) is 0. The van der Waals surface area contributed by atoms with Gasteiger partial charge in [-0.2, -0.15) is 16.4 Å². The molecule has 0 atom stereocenters. The van der Waals surface area contributed by atoms with Crippen LogP contribution >= 0.6 is 11.3 Å². The van der Waals surface area contributed by atoms with Gasteiger partial charge in [-0.1, -0.05) is 0 Å². The largest absolute Gasteiger partial charge is 0.308 e. The van der Waals surface area contributed by atoms with Crippen LogP contribution in [0.5, 0.6) is 0 Å². The molecule has 2 heterocycles. The third-order valence-corrected chi connectivity index (χ3v) is 3.45. The van der Waals surface area contributed by atoms with Crippen molar-refractivity contribution < 1.29 is 0 Å². The Bertz CT molecular complexity index is 465. The Morgan fingerprint density at radius 3 is 2.83 bits per heavy atom. The van der Waals surface area contributed by atoms with Crippen LogP contribution < -0.4 is 5.32 Å². The zero-order valence-corrected chi connectivity index (χ0v) is 12.1. The molecule has 1 N–H and O–H groups in total. The van der Waals surface area contributed by atoms with Crippen molar-refractivity contribution in [3.8, 4) is 0 Å². The molecule has 0 fully saturated rings. The van der Waals surface area contributed by atoms with Crippen molar-refractivity contribution in [3.63, 3.8) is 0 Å². The number of rotatable bonds is 5. The molecule has 0 amide bonds. The highest BCUT2D eigenvalue weighted by Gasteiger charge is 2.09. The smallest absolute Gasteiger partial charge is 0.0534 e. The van der Waals surface area contributed by atoms with Gasteiger partial charge >= 0.3 is 0 Å². The quantitative estimate of drug-likeness (QED) is 0.898. The number of nitrogens with zero attached hydrogens (tertiary/aromatic N) is 2. The van der Waals surface area contributed by atoms with Crippen molar-refractivity contribution in [3.05, 3.63) is 40.3 Å². The molecular formula is C14H21N3S. The third kappa shape index (κ3) is 4.27. The second-order valence-corrected chi connectivity index (χ2v) is 6.38. The highest BCUT2D eigenvalue weighted by molar-refractivity contribution is 7.07. The zero-order valence-electron chi connectivity index (χ0n) is 11.3. The van der Waals surface area contributed by atoms with Gasteiger partial charge in [-0.3, -0.25) is 4.68 Å². The van der Waals surface area contributed by atoms with E-state index in [1.54, 1.807) is 11.3 Å². The molecule has 0 aromatic carbocycles. The Kier molecular flexibility index (Phi) is 4.19. The first-order valence-corrected chi connectivity index (χ1v) is 7.25. The van der Waals surface area contributed by atoms with Gasteiger partial charge in [0.05, 0.1) is 6.20 Å². The molecule has 4 heteroatoms. The van der Waals surface area contributed by atoms with Gasteiger partial charge in [0.2, 0.25) is 0 Å². The molecular weight excluding hydrogens is 242 g/mol. The summed E-state index contributed by atoms with van der Waals surface area (Å²) >= 11 is 1.75. The van der Waals surface area contributed by atoms with Gasteiger partial charge in [-0.25, -0.2) is 0 Å². The molecule has 3 nitrogen and oxygen atoms in total. The first-order chi connectivity index (χ1) is 8.53. The van der Waals surface area contributed by atoms with Gasteiger partial charge in [0, 0.05) is 30.4 Å². The standard InChI is InChI=1S/C14H21N3S/c1-14(2,3)15-8-13-9-16-17(10-13)6-4-12-5-7-18-11-12/h5,7,9-11,15H,4,6,8H2,1-3H3. The van der Waals surface area contributed by atoms with Crippen LogP contribution in [0.3, 0.4) is 0 Å². The van der Waals surface area contributed by atoms with E-state index in [-0.39, 0.29) is 5.54 Å². The van der Waals surface area contributed by atoms with Crippen LogP contribution in [0, 0.1) is 0 Å². The molecule has 0 saturated carbocycles. The van der Waals surface area contributed by atoms with E-state index in [2.05, 4.69) is 54.2 Å². The van der Waals surface area contributed by atoms with E-state index in [1.807, 2.05) is 10.9 Å². The maximum atomic E-state index is 4.40. The first kappa shape index (κ1) is 13.3. The summed E-state index contributed by atoms with van der Waals surface area (Å²) in [6.45, 7) is 8.35. The first-order valence-electron chi connectivity index (χ1n) is 6.30. The molecule has 98 valence electrons. The zero-order chi connectivity index (χ0) is 13.0. The lowest BCUT2D eigenvalue weighted by Crippen LogP contribution is -2.34. The molecule has 0 aliphatic heterocycles. The van der Waals surface area contributed by atoms with Crippen molar-refractivity contribution in [2.24, 2.45) is 0 Å². The summed E-state index contributed by atoms with van der Waals surface area (Å²) in [5.74, 6) is 0. The molecule has 0 bridgehead atoms.